The van der Waals surface area contributed by atoms with Crippen LogP contribution in [0.1, 0.15) is 110 Å². The van der Waals surface area contributed by atoms with Gasteiger partial charge in [0.15, 0.2) is 0 Å². The van der Waals surface area contributed by atoms with Crippen LogP contribution in [0.3, 0.4) is 0 Å². The van der Waals surface area contributed by atoms with Crippen molar-refractivity contribution in [2.24, 2.45) is 0 Å². The van der Waals surface area contributed by atoms with Gasteiger partial charge in [0.1, 0.15) is 9.83 Å². The van der Waals surface area contributed by atoms with Crippen LogP contribution in [0.2, 0.25) is 0 Å². The van der Waals surface area contributed by atoms with Crippen molar-refractivity contribution in [3.63, 3.8) is 0 Å². The van der Waals surface area contributed by atoms with Gasteiger partial charge in [-0.3, -0.25) is 24.2 Å². The number of rotatable bonds is 1. The Morgan fingerprint density at radius 2 is 0.855 bits per heavy atom. The first-order chi connectivity index (χ1) is 39.0. The molecular weight excluding hydrogens is 1150 g/mol. The van der Waals surface area contributed by atoms with E-state index in [4.69, 9.17) is 9.47 Å². The highest BCUT2D eigenvalue weighted by atomic mass is 32.2. The Bertz CT molecular complexity index is 2960. The summed E-state index contributed by atoms with van der Waals surface area (Å²) in [6.07, 6.45) is -18.8. The van der Waals surface area contributed by atoms with Gasteiger partial charge in [0, 0.05) is 85.5 Å². The van der Waals surface area contributed by atoms with Crippen LogP contribution in [0.25, 0.3) is 0 Å². The number of hydrogen-bond donors (Lipinski definition) is 0. The number of carbonyl (C=O) groups is 4. The van der Waals surface area contributed by atoms with Gasteiger partial charge in [-0.2, -0.15) is 52.7 Å². The van der Waals surface area contributed by atoms with Crippen molar-refractivity contribution >= 4 is 69.9 Å². The Kier molecular flexibility index (Phi) is 18.9. The second-order valence-electron chi connectivity index (χ2n) is 20.7. The van der Waals surface area contributed by atoms with Gasteiger partial charge in [-0.25, -0.2) is 0 Å². The van der Waals surface area contributed by atoms with Crippen LogP contribution in [0.15, 0.2) is 103 Å². The Morgan fingerprint density at radius 3 is 1.19 bits per heavy atom. The van der Waals surface area contributed by atoms with Crippen LogP contribution in [-0.2, 0) is 41.0 Å². The van der Waals surface area contributed by atoms with Crippen LogP contribution >= 0.6 is 23.5 Å². The Balaban J connectivity index is 1.14. The normalized spacial score (nSPS) is 18.9. The number of halogens is 12. The largest absolute Gasteiger partial charge is 0.471 e. The van der Waals surface area contributed by atoms with Gasteiger partial charge in [-0.1, -0.05) is 74.2 Å². The summed E-state index contributed by atoms with van der Waals surface area (Å²) < 4.78 is 180. The highest BCUT2D eigenvalue weighted by Crippen LogP contribution is 2.64. The minimum atomic E-state index is -5.31. The van der Waals surface area contributed by atoms with Gasteiger partial charge in [-0.05, 0) is 115 Å². The fourth-order valence-corrected chi connectivity index (χ4v) is 13.9. The number of alkyl halides is 12. The number of fused-ring (bicyclic) bond motifs is 1. The lowest BCUT2D eigenvalue weighted by atomic mass is 10.0. The first-order valence-electron chi connectivity index (χ1n) is 26.5. The Morgan fingerprint density at radius 1 is 0.518 bits per heavy atom. The average molecular weight is 1210 g/mol. The summed E-state index contributed by atoms with van der Waals surface area (Å²) in [5.41, 5.74) is 3.73. The fourth-order valence-electron chi connectivity index (χ4n) is 10.2. The van der Waals surface area contributed by atoms with Gasteiger partial charge in [0.05, 0.1) is 12.3 Å². The molecule has 10 heterocycles. The van der Waals surface area contributed by atoms with E-state index in [1.165, 1.54) is 121 Å². The number of pyridine rings is 1. The summed E-state index contributed by atoms with van der Waals surface area (Å²) in [5, 5.41) is -0.356. The monoisotopic (exact) mass is 1210 g/mol. The van der Waals surface area contributed by atoms with E-state index in [1.54, 1.807) is 27.0 Å². The maximum Gasteiger partial charge on any atom is 0.471 e. The summed E-state index contributed by atoms with van der Waals surface area (Å²) >= 11 is 2.83. The van der Waals surface area contributed by atoms with E-state index in [2.05, 4.69) is 4.98 Å². The fraction of sp³-hybridized carbons (Fsp3) is 0.431. The zero-order chi connectivity index (χ0) is 60.3. The molecule has 0 radical (unpaired) electrons. The number of benzene rings is 4. The van der Waals surface area contributed by atoms with Crippen LogP contribution in [0, 0.1) is 6.92 Å². The molecule has 1 spiro atoms. The number of amides is 4. The average Bonchev–Trinajstić information content (AvgIpc) is 2.60. The van der Waals surface area contributed by atoms with Crippen LogP contribution in [-0.4, -0.2) is 91.0 Å². The van der Waals surface area contributed by atoms with Crippen molar-refractivity contribution in [1.82, 2.24) is 4.98 Å². The summed E-state index contributed by atoms with van der Waals surface area (Å²) in [5.74, 6) is -8.68. The standard InChI is InChI=1S/C58H57F12N5O6S2/c1-36-48-46(34-80-53(2,3)81-48)45(33-71-36)47-35-82-54(83-47)39-16-24-43(25-17-39)74(51(78)57(65,66)67)30-10-6-4-8-28-72(49(76)55(59,60)61)41-20-12-37(13-21-41)32-38-14-22-42(23-15-38)73(50(77)56(62,63)64)29-9-5-7-11-31-75(52(79)58(68,69)70)44-26-18-40(54)19-27-44/h12-27,33,47H,4-11,28-32,34-35H2,1-3H3. The molecule has 446 valence electrons. The van der Waals surface area contributed by atoms with Crippen molar-refractivity contribution < 1.29 is 81.3 Å². The number of anilines is 4. The Labute approximate surface area is 479 Å². The van der Waals surface area contributed by atoms with Crippen molar-refractivity contribution in [3.05, 3.63) is 142 Å². The third kappa shape index (κ3) is 14.7. The molecule has 4 amide bonds. The lowest BCUT2D eigenvalue weighted by Gasteiger charge is -2.35. The number of ether oxygens (including phenoxy) is 2. The molecule has 11 nitrogen and oxygen atoms in total. The third-order valence-corrected chi connectivity index (χ3v) is 18.1. The SMILES string of the molecule is Cc1ncc(C2CSC3(S2)c2ccc(cc2)N(C(=O)C(F)(F)F)CCCCCCN(C(=O)C(F)(F)F)c2ccc(cc2)Cc2ccc(cc2)N(C(=O)C(F)(F)F)CCCCCCN(C(=O)C(F)(F)F)c2ccc3cc2)c2c1OC(C)(C)OC2. The number of aryl methyl sites for hydroxylation is 1. The summed E-state index contributed by atoms with van der Waals surface area (Å²) in [4.78, 5) is 58.4. The number of carbonyl (C=O) groups excluding carboxylic acids is 4. The topological polar surface area (TPSA) is 113 Å². The summed E-state index contributed by atoms with van der Waals surface area (Å²) in [6, 6.07) is 22.5. The highest BCUT2D eigenvalue weighted by molar-refractivity contribution is 8.21. The molecule has 0 aliphatic carbocycles. The van der Waals surface area contributed by atoms with E-state index in [1.807, 2.05) is 0 Å². The summed E-state index contributed by atoms with van der Waals surface area (Å²) in [6.45, 7) is 3.71. The number of hydrogen-bond acceptors (Lipinski definition) is 9. The zero-order valence-electron chi connectivity index (χ0n) is 45.0. The Hall–Kier alpha value is -6.47. The molecule has 9 aliphatic heterocycles. The molecule has 0 saturated carbocycles. The molecular formula is C58H57F12N5O6S2. The lowest BCUT2D eigenvalue weighted by molar-refractivity contribution is -0.180. The molecule has 4 aromatic carbocycles. The molecule has 8 bridgehead atoms. The second kappa shape index (κ2) is 25.0. The van der Waals surface area contributed by atoms with E-state index in [0.717, 1.165) is 11.1 Å². The van der Waals surface area contributed by atoms with E-state index in [9.17, 15) is 71.9 Å². The lowest BCUT2D eigenvalue weighted by Crippen LogP contribution is -2.42. The molecule has 9 aliphatic rings. The molecule has 0 N–H and O–H groups in total. The molecule has 1 saturated heterocycles. The molecule has 1 atom stereocenters. The van der Waals surface area contributed by atoms with Gasteiger partial charge in [0.2, 0.25) is 5.79 Å². The second-order valence-corrected chi connectivity index (χ2v) is 23.6. The van der Waals surface area contributed by atoms with Gasteiger partial charge in [-0.15, -0.1) is 23.5 Å². The number of nitrogens with zero attached hydrogens (tertiary/aromatic N) is 5. The maximum absolute atomic E-state index is 14.3. The van der Waals surface area contributed by atoms with E-state index in [0.29, 0.717) is 59.0 Å². The molecule has 25 heteroatoms. The van der Waals surface area contributed by atoms with Crippen molar-refractivity contribution in [3.8, 4) is 5.75 Å². The molecule has 14 rings (SSSR count). The first kappa shape index (κ1) is 62.6. The molecule has 1 unspecified atom stereocenters. The third-order valence-electron chi connectivity index (χ3n) is 14.4. The van der Waals surface area contributed by atoms with Crippen molar-refractivity contribution in [2.45, 2.75) is 125 Å². The predicted octanol–water partition coefficient (Wildman–Crippen LogP) is 14.5. The van der Waals surface area contributed by atoms with E-state index in [-0.39, 0.29) is 92.4 Å². The molecule has 83 heavy (non-hydrogen) atoms. The van der Waals surface area contributed by atoms with Gasteiger partial charge in [0.25, 0.3) is 0 Å². The van der Waals surface area contributed by atoms with Crippen LogP contribution in [0.4, 0.5) is 75.4 Å². The predicted molar refractivity (Wildman–Crippen MR) is 291 cm³/mol. The van der Waals surface area contributed by atoms with Crippen LogP contribution in [0.5, 0.6) is 5.75 Å². The van der Waals surface area contributed by atoms with Gasteiger partial charge >= 0.3 is 48.3 Å². The van der Waals surface area contributed by atoms with Crippen molar-refractivity contribution in [2.75, 3.05) is 51.5 Å². The van der Waals surface area contributed by atoms with E-state index < -0.39 is 84.4 Å². The first-order valence-corrected chi connectivity index (χ1v) is 28.4. The molecule has 5 aromatic rings. The number of thioether (sulfide) groups is 2. The van der Waals surface area contributed by atoms with Gasteiger partial charge < -0.3 is 29.1 Å². The summed E-state index contributed by atoms with van der Waals surface area (Å²) in [7, 11) is 0. The van der Waals surface area contributed by atoms with E-state index >= 15 is 0 Å². The quantitative estimate of drug-likeness (QED) is 0.151. The minimum absolute atomic E-state index is 0.0127. The molecule has 1 fully saturated rings. The minimum Gasteiger partial charge on any atom is -0.461 e. The van der Waals surface area contributed by atoms with Crippen LogP contribution < -0.4 is 24.3 Å². The highest BCUT2D eigenvalue weighted by Gasteiger charge is 2.49. The number of aromatic nitrogens is 1. The molecule has 1 aromatic heterocycles. The smallest absolute Gasteiger partial charge is 0.461 e. The zero-order valence-corrected chi connectivity index (χ0v) is 46.7. The van der Waals surface area contributed by atoms with Crippen molar-refractivity contribution in [1.29, 1.82) is 0 Å². The maximum atomic E-state index is 14.3.